The van der Waals surface area contributed by atoms with E-state index in [-0.39, 0.29) is 34.5 Å². The molecule has 1 heterocycles. The Morgan fingerprint density at radius 2 is 1.76 bits per heavy atom. The highest BCUT2D eigenvalue weighted by Gasteiger charge is 2.15. The summed E-state index contributed by atoms with van der Waals surface area (Å²) in [6.07, 6.45) is 1.77. The second kappa shape index (κ2) is 11.4. The molecule has 0 aliphatic carbocycles. The minimum atomic E-state index is -3.32. The van der Waals surface area contributed by atoms with Gasteiger partial charge in [-0.2, -0.15) is 13.9 Å². The van der Waals surface area contributed by atoms with Crippen molar-refractivity contribution in [2.24, 2.45) is 0 Å². The van der Waals surface area contributed by atoms with E-state index in [1.165, 1.54) is 30.3 Å². The number of hydrogen-bond acceptors (Lipinski definition) is 6. The van der Waals surface area contributed by atoms with Crippen LogP contribution in [-0.2, 0) is 21.1 Å². The summed E-state index contributed by atoms with van der Waals surface area (Å²) in [5.74, 6) is 0.177. The second-order valence-corrected chi connectivity index (χ2v) is 10.6. The van der Waals surface area contributed by atoms with Gasteiger partial charge in [0.15, 0.2) is 15.6 Å². The fourth-order valence-electron chi connectivity index (χ4n) is 3.62. The molecule has 1 amide bonds. The standard InChI is InChI=1S/C27H25F2N3O5S/c1-3-38(34,35)23-10-7-19(8-11-23)15-26(33)30-20-9-12-24(32-14-13-18(2)31-32)25(16-20)36-21-5-4-6-22(17-21)37-27(28)29/h4-14,16-17,27H,3,15H2,1-2H3,(H,30,33). The van der Waals surface area contributed by atoms with Crippen LogP contribution in [0.25, 0.3) is 5.69 Å². The number of sulfone groups is 1. The van der Waals surface area contributed by atoms with E-state index in [0.29, 0.717) is 22.7 Å². The number of aryl methyl sites for hydroxylation is 1. The second-order valence-electron chi connectivity index (χ2n) is 8.31. The van der Waals surface area contributed by atoms with Gasteiger partial charge < -0.3 is 14.8 Å². The summed E-state index contributed by atoms with van der Waals surface area (Å²) in [5.41, 5.74) is 2.42. The number of nitrogens with one attached hydrogen (secondary N) is 1. The highest BCUT2D eigenvalue weighted by molar-refractivity contribution is 7.91. The SMILES string of the molecule is CCS(=O)(=O)c1ccc(CC(=O)Nc2ccc(-n3ccc(C)n3)c(Oc3cccc(OC(F)F)c3)c2)cc1. The molecule has 0 saturated heterocycles. The fourth-order valence-corrected chi connectivity index (χ4v) is 4.51. The normalized spacial score (nSPS) is 11.4. The van der Waals surface area contributed by atoms with Crippen LogP contribution in [-0.4, -0.2) is 36.5 Å². The van der Waals surface area contributed by atoms with Crippen LogP contribution in [0.4, 0.5) is 14.5 Å². The van der Waals surface area contributed by atoms with Gasteiger partial charge in [0.05, 0.1) is 22.8 Å². The quantitative estimate of drug-likeness (QED) is 0.283. The molecule has 38 heavy (non-hydrogen) atoms. The lowest BCUT2D eigenvalue weighted by atomic mass is 10.1. The number of halogens is 2. The summed E-state index contributed by atoms with van der Waals surface area (Å²) in [6, 6.07) is 18.8. The Morgan fingerprint density at radius 1 is 1.03 bits per heavy atom. The summed E-state index contributed by atoms with van der Waals surface area (Å²) in [4.78, 5) is 12.9. The molecular weight excluding hydrogens is 516 g/mol. The van der Waals surface area contributed by atoms with Crippen LogP contribution in [0.5, 0.6) is 17.2 Å². The maximum atomic E-state index is 12.7. The fraction of sp³-hybridized carbons (Fsp3) is 0.185. The third-order valence-corrected chi connectivity index (χ3v) is 7.25. The summed E-state index contributed by atoms with van der Waals surface area (Å²) in [6.45, 7) is 0.432. The summed E-state index contributed by atoms with van der Waals surface area (Å²) in [7, 11) is -3.32. The van der Waals surface area contributed by atoms with E-state index in [1.54, 1.807) is 54.2 Å². The lowest BCUT2D eigenvalue weighted by Crippen LogP contribution is -2.15. The van der Waals surface area contributed by atoms with Gasteiger partial charge in [0.25, 0.3) is 0 Å². The monoisotopic (exact) mass is 541 g/mol. The number of carbonyl (C=O) groups is 1. The molecule has 1 N–H and O–H groups in total. The molecule has 0 saturated carbocycles. The van der Waals surface area contributed by atoms with Gasteiger partial charge in [-0.3, -0.25) is 4.79 Å². The maximum Gasteiger partial charge on any atom is 0.387 e. The lowest BCUT2D eigenvalue weighted by Gasteiger charge is -2.15. The van der Waals surface area contributed by atoms with Crippen molar-refractivity contribution in [3.05, 3.63) is 90.3 Å². The molecule has 0 aliphatic rings. The van der Waals surface area contributed by atoms with Gasteiger partial charge in [0.2, 0.25) is 5.91 Å². The molecule has 0 radical (unpaired) electrons. The Hall–Kier alpha value is -4.25. The summed E-state index contributed by atoms with van der Waals surface area (Å²) < 4.78 is 61.3. The van der Waals surface area contributed by atoms with E-state index in [9.17, 15) is 22.0 Å². The van der Waals surface area contributed by atoms with Gasteiger partial charge in [-0.25, -0.2) is 13.1 Å². The molecule has 1 aromatic heterocycles. The first-order valence-corrected chi connectivity index (χ1v) is 13.3. The number of carbonyl (C=O) groups excluding carboxylic acids is 1. The van der Waals surface area contributed by atoms with Crippen molar-refractivity contribution in [3.8, 4) is 22.9 Å². The van der Waals surface area contributed by atoms with Crippen LogP contribution in [0.15, 0.2) is 83.9 Å². The van der Waals surface area contributed by atoms with Gasteiger partial charge >= 0.3 is 6.61 Å². The lowest BCUT2D eigenvalue weighted by molar-refractivity contribution is -0.115. The highest BCUT2D eigenvalue weighted by Crippen LogP contribution is 2.33. The first-order valence-electron chi connectivity index (χ1n) is 11.6. The molecule has 4 rings (SSSR count). The van der Waals surface area contributed by atoms with Crippen LogP contribution >= 0.6 is 0 Å². The number of hydrogen-bond donors (Lipinski definition) is 1. The maximum absolute atomic E-state index is 12.7. The number of amides is 1. The number of rotatable bonds is 10. The average Bonchev–Trinajstić information content (AvgIpc) is 3.30. The molecule has 0 spiro atoms. The number of ether oxygens (including phenoxy) is 2. The number of benzene rings is 3. The van der Waals surface area contributed by atoms with Crippen molar-refractivity contribution in [2.75, 3.05) is 11.1 Å². The van der Waals surface area contributed by atoms with Crippen LogP contribution in [0.3, 0.4) is 0 Å². The van der Waals surface area contributed by atoms with Crippen LogP contribution in [0.2, 0.25) is 0 Å². The van der Waals surface area contributed by atoms with Crippen molar-refractivity contribution < 1.29 is 31.5 Å². The van der Waals surface area contributed by atoms with Gasteiger partial charge in [-0.15, -0.1) is 0 Å². The van der Waals surface area contributed by atoms with Crippen LogP contribution < -0.4 is 14.8 Å². The van der Waals surface area contributed by atoms with Gasteiger partial charge in [0, 0.05) is 24.0 Å². The van der Waals surface area contributed by atoms with Crippen molar-refractivity contribution in [2.45, 2.75) is 31.8 Å². The first-order chi connectivity index (χ1) is 18.1. The van der Waals surface area contributed by atoms with E-state index in [2.05, 4.69) is 15.2 Å². The minimum Gasteiger partial charge on any atom is -0.455 e. The molecule has 3 aromatic carbocycles. The smallest absolute Gasteiger partial charge is 0.387 e. The van der Waals surface area contributed by atoms with Gasteiger partial charge in [-0.1, -0.05) is 25.1 Å². The zero-order chi connectivity index (χ0) is 27.3. The molecule has 0 bridgehead atoms. The Morgan fingerprint density at radius 3 is 2.42 bits per heavy atom. The van der Waals surface area contributed by atoms with Crippen molar-refractivity contribution in [3.63, 3.8) is 0 Å². The molecule has 0 fully saturated rings. The molecule has 0 aliphatic heterocycles. The zero-order valence-electron chi connectivity index (χ0n) is 20.6. The number of anilines is 1. The largest absolute Gasteiger partial charge is 0.455 e. The third kappa shape index (κ3) is 6.74. The number of nitrogens with zero attached hydrogens (tertiary/aromatic N) is 2. The number of aromatic nitrogens is 2. The molecule has 0 unspecified atom stereocenters. The molecule has 4 aromatic rings. The topological polar surface area (TPSA) is 99.5 Å². The van der Waals surface area contributed by atoms with Crippen LogP contribution in [0, 0.1) is 6.92 Å². The molecule has 198 valence electrons. The molecule has 8 nitrogen and oxygen atoms in total. The predicted octanol–water partition coefficient (Wildman–Crippen LogP) is 5.55. The highest BCUT2D eigenvalue weighted by atomic mass is 32.2. The number of alkyl halides is 2. The Labute approximate surface area is 218 Å². The van der Waals surface area contributed by atoms with E-state index < -0.39 is 16.4 Å². The Balaban J connectivity index is 1.55. The molecular formula is C27H25F2N3O5S. The van der Waals surface area contributed by atoms with Crippen molar-refractivity contribution in [1.82, 2.24) is 9.78 Å². The van der Waals surface area contributed by atoms with Crippen LogP contribution in [0.1, 0.15) is 18.2 Å². The predicted molar refractivity (Wildman–Crippen MR) is 138 cm³/mol. The molecule has 11 heteroatoms. The van der Waals surface area contributed by atoms with E-state index in [4.69, 9.17) is 4.74 Å². The Kier molecular flexibility index (Phi) is 8.06. The van der Waals surface area contributed by atoms with Gasteiger partial charge in [0.1, 0.15) is 17.2 Å². The molecule has 0 atom stereocenters. The first kappa shape index (κ1) is 26.8. The third-order valence-electron chi connectivity index (χ3n) is 5.50. The van der Waals surface area contributed by atoms with Crippen molar-refractivity contribution >= 4 is 21.4 Å². The van der Waals surface area contributed by atoms with E-state index in [1.807, 2.05) is 13.0 Å². The summed E-state index contributed by atoms with van der Waals surface area (Å²) >= 11 is 0. The average molecular weight is 542 g/mol. The zero-order valence-corrected chi connectivity index (χ0v) is 21.4. The van der Waals surface area contributed by atoms with E-state index in [0.717, 1.165) is 5.69 Å². The van der Waals surface area contributed by atoms with Crippen molar-refractivity contribution in [1.29, 1.82) is 0 Å². The van der Waals surface area contributed by atoms with Gasteiger partial charge in [-0.05, 0) is 55.0 Å². The summed E-state index contributed by atoms with van der Waals surface area (Å²) in [5, 5.41) is 7.20. The minimum absolute atomic E-state index is 0.00509. The van der Waals surface area contributed by atoms with E-state index >= 15 is 0 Å². The Bertz CT molecular complexity index is 1540.